The molecular weight excluding hydrogens is 230 g/mol. The fourth-order valence-corrected chi connectivity index (χ4v) is 1.33. The van der Waals surface area contributed by atoms with Gasteiger partial charge in [-0.25, -0.2) is 4.79 Å². The van der Waals surface area contributed by atoms with E-state index in [4.69, 9.17) is 5.11 Å². The van der Waals surface area contributed by atoms with E-state index in [1.165, 1.54) is 6.92 Å². The largest absolute Gasteiger partial charge is 0.478 e. The van der Waals surface area contributed by atoms with Gasteiger partial charge in [-0.1, -0.05) is 0 Å². The third-order valence-electron chi connectivity index (χ3n) is 2.06. The Balaban J connectivity index is 3.46. The van der Waals surface area contributed by atoms with Crippen molar-refractivity contribution in [2.45, 2.75) is 13.8 Å². The molecule has 90 valence electrons. The van der Waals surface area contributed by atoms with Crippen molar-refractivity contribution in [3.05, 3.63) is 33.4 Å². The van der Waals surface area contributed by atoms with Gasteiger partial charge in [-0.3, -0.25) is 14.9 Å². The smallest absolute Gasteiger partial charge is 0.336 e. The van der Waals surface area contributed by atoms with Gasteiger partial charge in [0.1, 0.15) is 0 Å². The molecule has 0 saturated carbocycles. The van der Waals surface area contributed by atoms with Gasteiger partial charge in [0.05, 0.1) is 10.5 Å². The predicted octanol–water partition coefficient (Wildman–Crippen LogP) is 1.53. The molecule has 1 aromatic carbocycles. The quantitative estimate of drug-likeness (QED) is 0.371. The van der Waals surface area contributed by atoms with Crippen LogP contribution in [0.2, 0.25) is 0 Å². The van der Waals surface area contributed by atoms with Crippen molar-refractivity contribution in [3.63, 3.8) is 0 Å². The summed E-state index contributed by atoms with van der Waals surface area (Å²) in [6.45, 7) is 2.42. The molecule has 17 heavy (non-hydrogen) atoms. The normalized spacial score (nSPS) is 9.76. The van der Waals surface area contributed by atoms with Gasteiger partial charge >= 0.3 is 17.6 Å². The number of nitro groups is 1. The molecule has 0 aromatic heterocycles. The Morgan fingerprint density at radius 1 is 1.41 bits per heavy atom. The van der Waals surface area contributed by atoms with E-state index in [1.807, 2.05) is 0 Å². The summed E-state index contributed by atoms with van der Waals surface area (Å²) in [4.78, 5) is 31.6. The first-order valence-corrected chi connectivity index (χ1v) is 4.54. The number of nitrogens with zero attached hydrogens (tertiary/aromatic N) is 1. The summed E-state index contributed by atoms with van der Waals surface area (Å²) in [5, 5.41) is 19.5. The molecule has 0 heterocycles. The fourth-order valence-electron chi connectivity index (χ4n) is 1.33. The lowest BCUT2D eigenvalue weighted by molar-refractivity contribution is -0.385. The van der Waals surface area contributed by atoms with Crippen LogP contribution in [0.4, 0.5) is 5.69 Å². The highest BCUT2D eigenvalue weighted by atomic mass is 16.6. The topological polar surface area (TPSA) is 107 Å². The number of carboxylic acids is 1. The molecule has 0 radical (unpaired) electrons. The molecule has 0 aliphatic heterocycles. The Hall–Kier alpha value is -2.44. The van der Waals surface area contributed by atoms with E-state index in [1.54, 1.807) is 0 Å². The highest BCUT2D eigenvalue weighted by Crippen LogP contribution is 2.33. The molecule has 0 amide bonds. The Kier molecular flexibility index (Phi) is 3.42. The monoisotopic (exact) mass is 239 g/mol. The third-order valence-corrected chi connectivity index (χ3v) is 2.06. The SMILES string of the molecule is CC(=O)Oc1c([N+](=O)[O-])ccc(C(=O)O)c1C. The minimum absolute atomic E-state index is 0.0434. The fraction of sp³-hybridized carbons (Fsp3) is 0.200. The van der Waals surface area contributed by atoms with Crippen LogP contribution < -0.4 is 4.74 Å². The number of ether oxygens (including phenoxy) is 1. The first-order valence-electron chi connectivity index (χ1n) is 4.54. The second kappa shape index (κ2) is 4.60. The van der Waals surface area contributed by atoms with E-state index in [2.05, 4.69) is 4.74 Å². The summed E-state index contributed by atoms with van der Waals surface area (Å²) in [6, 6.07) is 2.09. The van der Waals surface area contributed by atoms with Crippen LogP contribution in [0.15, 0.2) is 12.1 Å². The van der Waals surface area contributed by atoms with Gasteiger partial charge in [-0.15, -0.1) is 0 Å². The standard InChI is InChI=1S/C10H9NO6/c1-5-7(10(13)14)3-4-8(11(15)16)9(5)17-6(2)12/h3-4H,1-2H3,(H,13,14). The molecule has 0 unspecified atom stereocenters. The number of carbonyl (C=O) groups excluding carboxylic acids is 1. The van der Waals surface area contributed by atoms with Crippen LogP contribution in [0.1, 0.15) is 22.8 Å². The lowest BCUT2D eigenvalue weighted by Gasteiger charge is -2.08. The summed E-state index contributed by atoms with van der Waals surface area (Å²) in [5.74, 6) is -2.33. The maximum Gasteiger partial charge on any atom is 0.336 e. The van der Waals surface area contributed by atoms with Gasteiger partial charge in [0, 0.05) is 18.6 Å². The zero-order chi connectivity index (χ0) is 13.2. The van der Waals surface area contributed by atoms with Crippen LogP contribution in [0.3, 0.4) is 0 Å². The lowest BCUT2D eigenvalue weighted by atomic mass is 10.1. The van der Waals surface area contributed by atoms with Gasteiger partial charge in [-0.05, 0) is 13.0 Å². The number of aromatic carboxylic acids is 1. The van der Waals surface area contributed by atoms with Crippen LogP contribution in [0.5, 0.6) is 5.75 Å². The van der Waals surface area contributed by atoms with Crippen LogP contribution in [0, 0.1) is 17.0 Å². The average molecular weight is 239 g/mol. The number of hydrogen-bond donors (Lipinski definition) is 1. The summed E-state index contributed by atoms with van der Waals surface area (Å²) in [5.41, 5.74) is -0.545. The summed E-state index contributed by atoms with van der Waals surface area (Å²) in [7, 11) is 0. The molecule has 0 aliphatic rings. The maximum absolute atomic E-state index is 10.8. The highest BCUT2D eigenvalue weighted by Gasteiger charge is 2.23. The molecule has 1 rings (SSSR count). The van der Waals surface area contributed by atoms with Gasteiger partial charge in [-0.2, -0.15) is 0 Å². The number of carbonyl (C=O) groups is 2. The van der Waals surface area contributed by atoms with E-state index in [9.17, 15) is 19.7 Å². The maximum atomic E-state index is 10.8. The molecule has 0 aliphatic carbocycles. The van der Waals surface area contributed by atoms with Gasteiger partial charge in [0.15, 0.2) is 0 Å². The van der Waals surface area contributed by atoms with E-state index >= 15 is 0 Å². The van der Waals surface area contributed by atoms with Crippen molar-refractivity contribution in [1.29, 1.82) is 0 Å². The van der Waals surface area contributed by atoms with Crippen molar-refractivity contribution in [3.8, 4) is 5.75 Å². The van der Waals surface area contributed by atoms with Crippen molar-refractivity contribution in [2.75, 3.05) is 0 Å². The van der Waals surface area contributed by atoms with Crippen molar-refractivity contribution < 1.29 is 24.4 Å². The third kappa shape index (κ3) is 2.57. The van der Waals surface area contributed by atoms with Crippen molar-refractivity contribution >= 4 is 17.6 Å². The second-order valence-electron chi connectivity index (χ2n) is 3.24. The van der Waals surface area contributed by atoms with E-state index < -0.39 is 22.5 Å². The number of hydrogen-bond acceptors (Lipinski definition) is 5. The van der Waals surface area contributed by atoms with Gasteiger partial charge in [0.25, 0.3) is 0 Å². The molecule has 7 heteroatoms. The van der Waals surface area contributed by atoms with E-state index in [-0.39, 0.29) is 16.9 Å². The molecule has 0 fully saturated rings. The summed E-state index contributed by atoms with van der Waals surface area (Å²) in [6.07, 6.45) is 0. The number of nitro benzene ring substituents is 1. The number of benzene rings is 1. The highest BCUT2D eigenvalue weighted by molar-refractivity contribution is 5.91. The minimum atomic E-state index is -1.24. The van der Waals surface area contributed by atoms with Crippen LogP contribution in [-0.2, 0) is 4.79 Å². The summed E-state index contributed by atoms with van der Waals surface area (Å²) >= 11 is 0. The first kappa shape index (κ1) is 12.6. The Labute approximate surface area is 95.8 Å². The summed E-state index contributed by atoms with van der Waals surface area (Å²) < 4.78 is 4.68. The van der Waals surface area contributed by atoms with Crippen molar-refractivity contribution in [2.24, 2.45) is 0 Å². The predicted molar refractivity (Wildman–Crippen MR) is 56.1 cm³/mol. The molecule has 7 nitrogen and oxygen atoms in total. The van der Waals surface area contributed by atoms with E-state index in [0.717, 1.165) is 19.1 Å². The Bertz CT molecular complexity index is 508. The molecule has 0 atom stereocenters. The molecule has 1 aromatic rings. The zero-order valence-electron chi connectivity index (χ0n) is 9.09. The second-order valence-corrected chi connectivity index (χ2v) is 3.24. The number of esters is 1. The minimum Gasteiger partial charge on any atom is -0.478 e. The van der Waals surface area contributed by atoms with Gasteiger partial charge < -0.3 is 9.84 Å². The molecule has 1 N–H and O–H groups in total. The first-order chi connectivity index (χ1) is 7.84. The Morgan fingerprint density at radius 2 is 2.00 bits per heavy atom. The lowest BCUT2D eigenvalue weighted by Crippen LogP contribution is -2.09. The van der Waals surface area contributed by atoms with Crippen LogP contribution in [-0.4, -0.2) is 22.0 Å². The Morgan fingerprint density at radius 3 is 2.41 bits per heavy atom. The number of carboxylic acid groups (broad SMARTS) is 1. The molecule has 0 bridgehead atoms. The van der Waals surface area contributed by atoms with Gasteiger partial charge in [0.2, 0.25) is 5.75 Å². The van der Waals surface area contributed by atoms with Crippen LogP contribution in [0.25, 0.3) is 0 Å². The number of rotatable bonds is 3. The van der Waals surface area contributed by atoms with Crippen LogP contribution >= 0.6 is 0 Å². The zero-order valence-corrected chi connectivity index (χ0v) is 9.09. The molecule has 0 spiro atoms. The average Bonchev–Trinajstić information content (AvgIpc) is 2.19. The van der Waals surface area contributed by atoms with Crippen molar-refractivity contribution in [1.82, 2.24) is 0 Å². The molecule has 0 saturated heterocycles. The van der Waals surface area contributed by atoms with E-state index in [0.29, 0.717) is 0 Å². The molecular formula is C10H9NO6.